The Balaban J connectivity index is 1.79. The summed E-state index contributed by atoms with van der Waals surface area (Å²) < 4.78 is 44.4. The van der Waals surface area contributed by atoms with Crippen LogP contribution in [0.2, 0.25) is 0 Å². The van der Waals surface area contributed by atoms with E-state index >= 15 is 0 Å². The van der Waals surface area contributed by atoms with Gasteiger partial charge in [0.05, 0.1) is 9.64 Å². The number of hydrogen-bond acceptors (Lipinski definition) is 5. The second-order valence-electron chi connectivity index (χ2n) is 8.66. The minimum absolute atomic E-state index is 0.0526. The molecule has 1 amide bonds. The number of nitrogens with zero attached hydrogens (tertiary/aromatic N) is 1. The molecule has 3 rings (SSSR count). The smallest absolute Gasteiger partial charge is 0.410 e. The molecular formula is C20H26FNO5S. The fourth-order valence-electron chi connectivity index (χ4n) is 4.10. The first-order valence-corrected chi connectivity index (χ1v) is 10.9. The van der Waals surface area contributed by atoms with Gasteiger partial charge in [-0.3, -0.25) is 4.79 Å². The van der Waals surface area contributed by atoms with Crippen LogP contribution in [0.4, 0.5) is 9.18 Å². The van der Waals surface area contributed by atoms with Crippen molar-refractivity contribution >= 4 is 21.7 Å². The minimum atomic E-state index is -3.88. The second kappa shape index (κ2) is 7.13. The molecule has 1 heterocycles. The molecule has 0 radical (unpaired) electrons. The van der Waals surface area contributed by atoms with Crippen LogP contribution >= 0.6 is 0 Å². The number of hydrogen-bond donors (Lipinski definition) is 0. The summed E-state index contributed by atoms with van der Waals surface area (Å²) in [4.78, 5) is 25.5. The van der Waals surface area contributed by atoms with Gasteiger partial charge >= 0.3 is 6.09 Å². The number of Topliss-reactive ketones (excluding diaryl/α,β-unsaturated/α-hetero) is 1. The molecule has 0 aromatic heterocycles. The molecule has 0 N–H and O–H groups in total. The van der Waals surface area contributed by atoms with E-state index in [0.29, 0.717) is 25.9 Å². The van der Waals surface area contributed by atoms with E-state index in [2.05, 4.69) is 0 Å². The molecule has 0 unspecified atom stereocenters. The van der Waals surface area contributed by atoms with E-state index in [9.17, 15) is 22.4 Å². The van der Waals surface area contributed by atoms with E-state index in [0.717, 1.165) is 6.07 Å². The number of likely N-dealkylation sites (tertiary alicyclic amines) is 1. The number of ketones is 1. The molecule has 0 bridgehead atoms. The van der Waals surface area contributed by atoms with Gasteiger partial charge in [0.15, 0.2) is 9.84 Å². The van der Waals surface area contributed by atoms with Crippen molar-refractivity contribution in [3.05, 3.63) is 30.1 Å². The first-order chi connectivity index (χ1) is 12.9. The summed E-state index contributed by atoms with van der Waals surface area (Å²) in [5, 5.41) is 0. The number of halogens is 1. The summed E-state index contributed by atoms with van der Waals surface area (Å²) in [7, 11) is -3.88. The number of piperidine rings is 1. The third-order valence-electron chi connectivity index (χ3n) is 5.53. The Kier molecular flexibility index (Phi) is 5.29. The van der Waals surface area contributed by atoms with E-state index < -0.39 is 32.1 Å². The Morgan fingerprint density at radius 1 is 1.21 bits per heavy atom. The van der Waals surface area contributed by atoms with Crippen LogP contribution in [0.5, 0.6) is 0 Å². The molecule has 1 aliphatic heterocycles. The van der Waals surface area contributed by atoms with Crippen molar-refractivity contribution in [2.45, 2.75) is 61.7 Å². The van der Waals surface area contributed by atoms with Gasteiger partial charge in [-0.15, -0.1) is 0 Å². The summed E-state index contributed by atoms with van der Waals surface area (Å²) in [6.07, 6.45) is 0.395. The highest BCUT2D eigenvalue weighted by atomic mass is 32.2. The van der Waals surface area contributed by atoms with Crippen LogP contribution in [0.15, 0.2) is 29.2 Å². The number of carbonyl (C=O) groups is 2. The zero-order valence-corrected chi connectivity index (χ0v) is 17.2. The summed E-state index contributed by atoms with van der Waals surface area (Å²) in [5.74, 6) is -0.992. The molecule has 1 saturated heterocycles. The van der Waals surface area contributed by atoms with E-state index in [1.54, 1.807) is 25.7 Å². The average molecular weight is 411 g/mol. The van der Waals surface area contributed by atoms with Crippen LogP contribution in [-0.4, -0.2) is 48.6 Å². The van der Waals surface area contributed by atoms with Gasteiger partial charge in [0.25, 0.3) is 0 Å². The van der Waals surface area contributed by atoms with E-state index in [-0.39, 0.29) is 29.4 Å². The third kappa shape index (κ3) is 3.79. The van der Waals surface area contributed by atoms with Crippen LogP contribution < -0.4 is 0 Å². The van der Waals surface area contributed by atoms with Gasteiger partial charge in [-0.25, -0.2) is 17.6 Å². The van der Waals surface area contributed by atoms with Gasteiger partial charge in [-0.2, -0.15) is 0 Å². The Labute approximate surface area is 165 Å². The van der Waals surface area contributed by atoms with Gasteiger partial charge in [0, 0.05) is 25.9 Å². The van der Waals surface area contributed by atoms with Crippen molar-refractivity contribution in [3.63, 3.8) is 0 Å². The number of carbonyl (C=O) groups excluding carboxylic acids is 2. The second-order valence-corrected chi connectivity index (χ2v) is 11.0. The molecular weight excluding hydrogens is 385 g/mol. The van der Waals surface area contributed by atoms with Gasteiger partial charge in [0.1, 0.15) is 17.2 Å². The molecule has 1 aromatic carbocycles. The van der Waals surface area contributed by atoms with Gasteiger partial charge in [-0.1, -0.05) is 6.07 Å². The normalized spacial score (nSPS) is 20.6. The molecule has 0 atom stereocenters. The van der Waals surface area contributed by atoms with E-state index in [1.165, 1.54) is 18.2 Å². The molecule has 1 aliphatic carbocycles. The molecule has 154 valence electrons. The number of amides is 1. The summed E-state index contributed by atoms with van der Waals surface area (Å²) in [6, 6.07) is 4.94. The number of ether oxygens (including phenoxy) is 1. The molecule has 8 heteroatoms. The zero-order valence-electron chi connectivity index (χ0n) is 16.4. The van der Waals surface area contributed by atoms with Crippen molar-refractivity contribution in [2.24, 2.45) is 5.92 Å². The quantitative estimate of drug-likeness (QED) is 0.762. The van der Waals surface area contributed by atoms with Crippen molar-refractivity contribution in [3.8, 4) is 0 Å². The predicted octanol–water partition coefficient (Wildman–Crippen LogP) is 3.35. The monoisotopic (exact) mass is 411 g/mol. The Hall–Kier alpha value is -1.96. The SMILES string of the molecule is CC(C)(C)OC(=O)N1CCC(C2(S(=O)(=O)c3cccc(F)c3)CC(=O)C2)CC1. The lowest BCUT2D eigenvalue weighted by molar-refractivity contribution is -0.127. The molecule has 2 aliphatic rings. The summed E-state index contributed by atoms with van der Waals surface area (Å²) >= 11 is 0. The largest absolute Gasteiger partial charge is 0.444 e. The third-order valence-corrected chi connectivity index (χ3v) is 8.09. The molecule has 28 heavy (non-hydrogen) atoms. The average Bonchev–Trinajstić information content (AvgIpc) is 2.57. The molecule has 6 nitrogen and oxygen atoms in total. The number of benzene rings is 1. The Morgan fingerprint density at radius 2 is 1.82 bits per heavy atom. The highest BCUT2D eigenvalue weighted by molar-refractivity contribution is 7.93. The maximum Gasteiger partial charge on any atom is 0.410 e. The number of rotatable bonds is 3. The lowest BCUT2D eigenvalue weighted by atomic mass is 9.70. The van der Waals surface area contributed by atoms with Crippen LogP contribution in [0, 0.1) is 11.7 Å². The molecule has 1 saturated carbocycles. The van der Waals surface area contributed by atoms with Gasteiger partial charge < -0.3 is 9.64 Å². The van der Waals surface area contributed by atoms with E-state index in [4.69, 9.17) is 4.74 Å². The molecule has 2 fully saturated rings. The highest BCUT2D eigenvalue weighted by Gasteiger charge is 2.59. The summed E-state index contributed by atoms with van der Waals surface area (Å²) in [6.45, 7) is 6.11. The summed E-state index contributed by atoms with van der Waals surface area (Å²) in [5.41, 5.74) is -0.601. The van der Waals surface area contributed by atoms with Crippen molar-refractivity contribution in [1.29, 1.82) is 0 Å². The van der Waals surface area contributed by atoms with E-state index in [1.807, 2.05) is 0 Å². The van der Waals surface area contributed by atoms with Crippen LogP contribution in [0.3, 0.4) is 0 Å². The maximum atomic E-state index is 13.6. The minimum Gasteiger partial charge on any atom is -0.444 e. The fraction of sp³-hybridized carbons (Fsp3) is 0.600. The first-order valence-electron chi connectivity index (χ1n) is 9.44. The predicted molar refractivity (Wildman–Crippen MR) is 101 cm³/mol. The standard InChI is InChI=1S/C20H26FNO5S/c1-19(2,3)27-18(24)22-9-7-14(8-10-22)20(12-16(23)13-20)28(25,26)17-6-4-5-15(21)11-17/h4-6,11,14H,7-10,12-13H2,1-3H3. The van der Waals surface area contributed by atoms with Crippen LogP contribution in [0.25, 0.3) is 0 Å². The van der Waals surface area contributed by atoms with Crippen LogP contribution in [-0.2, 0) is 19.4 Å². The lowest BCUT2D eigenvalue weighted by Crippen LogP contribution is -2.58. The maximum absolute atomic E-state index is 13.6. The highest BCUT2D eigenvalue weighted by Crippen LogP contribution is 2.49. The van der Waals surface area contributed by atoms with Gasteiger partial charge in [-0.05, 0) is 57.7 Å². The Morgan fingerprint density at radius 3 is 2.32 bits per heavy atom. The van der Waals surface area contributed by atoms with Gasteiger partial charge in [0.2, 0.25) is 0 Å². The molecule has 1 aromatic rings. The fourth-order valence-corrected chi connectivity index (χ4v) is 6.47. The lowest BCUT2D eigenvalue weighted by Gasteiger charge is -2.48. The zero-order chi connectivity index (χ0) is 20.7. The van der Waals surface area contributed by atoms with Crippen molar-refractivity contribution in [2.75, 3.05) is 13.1 Å². The first kappa shape index (κ1) is 20.8. The topological polar surface area (TPSA) is 80.8 Å². The number of sulfone groups is 1. The van der Waals surface area contributed by atoms with Crippen LogP contribution in [0.1, 0.15) is 46.5 Å². The Bertz CT molecular complexity index is 874. The van der Waals surface area contributed by atoms with Crippen molar-refractivity contribution < 1.29 is 27.1 Å². The van der Waals surface area contributed by atoms with Crippen molar-refractivity contribution in [1.82, 2.24) is 4.90 Å². The molecule has 0 spiro atoms.